The van der Waals surface area contributed by atoms with E-state index >= 15 is 0 Å². The molecule has 10 nitrogen and oxygen atoms in total. The fraction of sp³-hybridized carbons (Fsp3) is 0.304. The molecule has 184 valence electrons. The van der Waals surface area contributed by atoms with Crippen LogP contribution in [0.5, 0.6) is 0 Å². The molecule has 0 aliphatic carbocycles. The summed E-state index contributed by atoms with van der Waals surface area (Å²) in [5.41, 5.74) is -0.693. The monoisotopic (exact) mass is 503 g/mol. The Morgan fingerprint density at radius 3 is 2.46 bits per heavy atom. The van der Waals surface area contributed by atoms with Gasteiger partial charge in [0.1, 0.15) is 11.5 Å². The van der Waals surface area contributed by atoms with Gasteiger partial charge in [0, 0.05) is 19.5 Å². The van der Waals surface area contributed by atoms with Crippen molar-refractivity contribution in [2.75, 3.05) is 7.11 Å². The van der Waals surface area contributed by atoms with Gasteiger partial charge in [0.25, 0.3) is 5.91 Å². The maximum absolute atomic E-state index is 14.8. The van der Waals surface area contributed by atoms with E-state index in [1.165, 1.54) is 57.7 Å². The normalized spacial score (nSPS) is 12.3. The molecule has 3 aromatic heterocycles. The van der Waals surface area contributed by atoms with Crippen molar-refractivity contribution in [1.82, 2.24) is 24.9 Å². The van der Waals surface area contributed by atoms with Crippen LogP contribution >= 0.6 is 11.6 Å². The molecule has 0 fully saturated rings. The number of halogens is 2. The van der Waals surface area contributed by atoms with Crippen LogP contribution in [0.2, 0.25) is 5.02 Å². The minimum absolute atomic E-state index is 0.00648. The molecule has 4 rings (SSSR count). The molecule has 0 unspecified atom stereocenters. The number of ether oxygens (including phenoxy) is 1. The molecule has 0 spiro atoms. The van der Waals surface area contributed by atoms with Gasteiger partial charge in [-0.25, -0.2) is 19.0 Å². The van der Waals surface area contributed by atoms with Crippen molar-refractivity contribution in [3.8, 4) is 34.0 Å². The van der Waals surface area contributed by atoms with E-state index in [-0.39, 0.29) is 51.3 Å². The third-order valence-corrected chi connectivity index (χ3v) is 5.40. The maximum Gasteiger partial charge on any atom is 0.268 e. The van der Waals surface area contributed by atoms with Gasteiger partial charge >= 0.3 is 0 Å². The van der Waals surface area contributed by atoms with Crippen molar-refractivity contribution in [3.63, 3.8) is 0 Å². The van der Waals surface area contributed by atoms with Gasteiger partial charge in [0.15, 0.2) is 11.6 Å². The fourth-order valence-electron chi connectivity index (χ4n) is 3.81. The number of nitrogens with zero attached hydrogens (tertiary/aromatic N) is 5. The zero-order valence-corrected chi connectivity index (χ0v) is 19.9. The fourth-order valence-corrected chi connectivity index (χ4v) is 4.06. The topological polar surface area (TPSA) is 140 Å². The van der Waals surface area contributed by atoms with Gasteiger partial charge in [0.05, 0.1) is 52.2 Å². The summed E-state index contributed by atoms with van der Waals surface area (Å²) in [5.74, 6) is -2.93. The molecule has 0 radical (unpaired) electrons. The predicted molar refractivity (Wildman–Crippen MR) is 123 cm³/mol. The van der Waals surface area contributed by atoms with Gasteiger partial charge in [-0.15, -0.1) is 0 Å². The predicted octanol–water partition coefficient (Wildman–Crippen LogP) is 3.36. The standard InChI is InChI=1S/C23H23ClFN5O5/c1-22(2,31)12-23(32,33)30-16(11-34-3)13(10-28-30)20-18(21-26-8-5-9-27-21)19(29-35-20)17-14(24)6-4-7-15(17)25/h4-10,31-33H,11-12H2,1-3H3. The van der Waals surface area contributed by atoms with E-state index in [4.69, 9.17) is 20.9 Å². The lowest BCUT2D eigenvalue weighted by atomic mass is 10.0. The van der Waals surface area contributed by atoms with Crippen LogP contribution in [0, 0.1) is 5.82 Å². The van der Waals surface area contributed by atoms with E-state index < -0.39 is 23.8 Å². The average molecular weight is 504 g/mol. The molecular formula is C23H23ClFN5O5. The van der Waals surface area contributed by atoms with Gasteiger partial charge in [-0.05, 0) is 32.0 Å². The summed E-state index contributed by atoms with van der Waals surface area (Å²) in [6, 6.07) is 5.83. The summed E-state index contributed by atoms with van der Waals surface area (Å²) >= 11 is 6.30. The zero-order chi connectivity index (χ0) is 25.4. The Hall–Kier alpha value is -3.22. The molecule has 35 heavy (non-hydrogen) atoms. The van der Waals surface area contributed by atoms with Crippen molar-refractivity contribution in [1.29, 1.82) is 0 Å². The van der Waals surface area contributed by atoms with Crippen molar-refractivity contribution in [3.05, 3.63) is 59.4 Å². The molecule has 12 heteroatoms. The lowest BCUT2D eigenvalue weighted by molar-refractivity contribution is -0.263. The summed E-state index contributed by atoms with van der Waals surface area (Å²) in [7, 11) is 1.42. The molecule has 3 N–H and O–H groups in total. The number of hydrogen-bond acceptors (Lipinski definition) is 9. The van der Waals surface area contributed by atoms with Crippen LogP contribution in [0.25, 0.3) is 34.0 Å². The molecule has 4 aromatic rings. The maximum atomic E-state index is 14.8. The Bertz CT molecular complexity index is 1310. The average Bonchev–Trinajstić information content (AvgIpc) is 3.38. The number of hydrogen-bond donors (Lipinski definition) is 3. The quantitative estimate of drug-likeness (QED) is 0.309. The van der Waals surface area contributed by atoms with Gasteiger partial charge in [-0.1, -0.05) is 22.8 Å². The van der Waals surface area contributed by atoms with Crippen LogP contribution in [-0.4, -0.2) is 52.9 Å². The number of methoxy groups -OCH3 is 1. The highest BCUT2D eigenvalue weighted by molar-refractivity contribution is 6.33. The summed E-state index contributed by atoms with van der Waals surface area (Å²) in [6.07, 6.45) is 3.86. The zero-order valence-electron chi connectivity index (χ0n) is 19.1. The van der Waals surface area contributed by atoms with Crippen molar-refractivity contribution in [2.45, 2.75) is 38.4 Å². The van der Waals surface area contributed by atoms with Crippen LogP contribution in [0.4, 0.5) is 4.39 Å². The first kappa shape index (κ1) is 24.9. The van der Waals surface area contributed by atoms with E-state index in [0.29, 0.717) is 0 Å². The van der Waals surface area contributed by atoms with Crippen molar-refractivity contribution in [2.24, 2.45) is 0 Å². The van der Waals surface area contributed by atoms with Crippen LogP contribution < -0.4 is 0 Å². The van der Waals surface area contributed by atoms with Gasteiger partial charge in [-0.2, -0.15) is 5.10 Å². The lowest BCUT2D eigenvalue weighted by Gasteiger charge is -2.30. The highest BCUT2D eigenvalue weighted by atomic mass is 35.5. The van der Waals surface area contributed by atoms with Crippen LogP contribution in [0.15, 0.2) is 47.4 Å². The second-order valence-electron chi connectivity index (χ2n) is 8.52. The van der Waals surface area contributed by atoms with Gasteiger partial charge in [0.2, 0.25) is 0 Å². The minimum Gasteiger partial charge on any atom is -0.390 e. The van der Waals surface area contributed by atoms with Gasteiger partial charge < -0.3 is 24.6 Å². The van der Waals surface area contributed by atoms with Gasteiger partial charge in [-0.3, -0.25) is 0 Å². The third kappa shape index (κ3) is 4.95. The molecule has 0 saturated carbocycles. The Morgan fingerprint density at radius 2 is 1.83 bits per heavy atom. The van der Waals surface area contributed by atoms with Crippen LogP contribution in [0.3, 0.4) is 0 Å². The lowest BCUT2D eigenvalue weighted by Crippen LogP contribution is -2.42. The first-order chi connectivity index (χ1) is 16.5. The largest absolute Gasteiger partial charge is 0.390 e. The number of aromatic nitrogens is 5. The van der Waals surface area contributed by atoms with Crippen molar-refractivity contribution >= 4 is 11.6 Å². The Kier molecular flexibility index (Phi) is 6.71. The molecule has 0 atom stereocenters. The molecule has 1 aromatic carbocycles. The summed E-state index contributed by atoms with van der Waals surface area (Å²) < 4.78 is 26.7. The summed E-state index contributed by atoms with van der Waals surface area (Å²) in [4.78, 5) is 8.53. The molecule has 3 heterocycles. The molecule has 0 saturated heterocycles. The molecule has 0 bridgehead atoms. The Labute approximate surface area is 204 Å². The number of aliphatic hydroxyl groups is 3. The van der Waals surface area contributed by atoms with E-state index in [9.17, 15) is 19.7 Å². The second kappa shape index (κ2) is 9.44. The SMILES string of the molecule is COCc1c(-c2onc(-c3c(F)cccc3Cl)c2-c2ncccn2)cnn1C(O)(O)CC(C)(C)O. The molecule has 0 aliphatic heterocycles. The van der Waals surface area contributed by atoms with E-state index in [1.54, 1.807) is 6.07 Å². The van der Waals surface area contributed by atoms with E-state index in [1.807, 2.05) is 0 Å². The minimum atomic E-state index is -2.56. The first-order valence-corrected chi connectivity index (χ1v) is 10.9. The van der Waals surface area contributed by atoms with Crippen LogP contribution in [0.1, 0.15) is 26.0 Å². The highest BCUT2D eigenvalue weighted by Crippen LogP contribution is 2.43. The number of benzene rings is 1. The second-order valence-corrected chi connectivity index (χ2v) is 8.92. The summed E-state index contributed by atoms with van der Waals surface area (Å²) in [6.45, 7) is 2.75. The van der Waals surface area contributed by atoms with Crippen molar-refractivity contribution < 1.29 is 29.0 Å². The molecule has 0 amide bonds. The molecule has 0 aliphatic rings. The first-order valence-electron chi connectivity index (χ1n) is 10.5. The van der Waals surface area contributed by atoms with E-state index in [0.717, 1.165) is 4.68 Å². The Morgan fingerprint density at radius 1 is 1.11 bits per heavy atom. The highest BCUT2D eigenvalue weighted by Gasteiger charge is 2.38. The molecular weight excluding hydrogens is 481 g/mol. The van der Waals surface area contributed by atoms with E-state index in [2.05, 4.69) is 20.2 Å². The third-order valence-electron chi connectivity index (χ3n) is 5.08. The van der Waals surface area contributed by atoms with Crippen LogP contribution in [-0.2, 0) is 17.3 Å². The smallest absolute Gasteiger partial charge is 0.268 e. The number of rotatable bonds is 8. The Balaban J connectivity index is 1.97. The summed E-state index contributed by atoms with van der Waals surface area (Å²) in [5, 5.41) is 39.9.